The first-order valence-electron chi connectivity index (χ1n) is 10.5. The average Bonchev–Trinajstić information content (AvgIpc) is 3.34. The minimum Gasteiger partial charge on any atom is -0.354 e. The van der Waals surface area contributed by atoms with Crippen molar-refractivity contribution in [2.45, 2.75) is 33.2 Å². The van der Waals surface area contributed by atoms with E-state index in [2.05, 4.69) is 25.4 Å². The quantitative estimate of drug-likeness (QED) is 0.635. The molecule has 1 aliphatic rings. The fourth-order valence-corrected chi connectivity index (χ4v) is 4.42. The zero-order chi connectivity index (χ0) is 21.8. The molecule has 162 valence electrons. The molecule has 3 aromatic heterocycles. The topological polar surface area (TPSA) is 93.0 Å². The second-order valence-electron chi connectivity index (χ2n) is 7.78. The third kappa shape index (κ3) is 4.82. The molecule has 4 heterocycles. The van der Waals surface area contributed by atoms with Crippen molar-refractivity contribution in [2.75, 3.05) is 24.5 Å². The second-order valence-corrected chi connectivity index (χ2v) is 8.73. The van der Waals surface area contributed by atoms with E-state index in [-0.39, 0.29) is 17.4 Å². The number of amides is 1. The van der Waals surface area contributed by atoms with Crippen LogP contribution in [0.5, 0.6) is 0 Å². The van der Waals surface area contributed by atoms with E-state index < -0.39 is 0 Å². The number of aromatic nitrogens is 4. The van der Waals surface area contributed by atoms with Gasteiger partial charge in [0, 0.05) is 37.4 Å². The number of nitrogens with zero attached hydrogens (tertiary/aromatic N) is 5. The summed E-state index contributed by atoms with van der Waals surface area (Å²) in [5.74, 6) is 0.699. The SMILES string of the molecule is Cc1ncn(CCNC(=O)C2CCCN(c3ccc(-c4cccs4)nn3)C2)c(=O)c1C. The van der Waals surface area contributed by atoms with Crippen LogP contribution in [0.15, 0.2) is 40.8 Å². The molecule has 1 aliphatic heterocycles. The molecule has 3 aromatic rings. The molecule has 1 unspecified atom stereocenters. The first-order valence-corrected chi connectivity index (χ1v) is 11.3. The van der Waals surface area contributed by atoms with Gasteiger partial charge in [-0.2, -0.15) is 0 Å². The molecule has 1 fully saturated rings. The van der Waals surface area contributed by atoms with Crippen LogP contribution in [0.4, 0.5) is 5.82 Å². The molecule has 0 spiro atoms. The van der Waals surface area contributed by atoms with Crippen LogP contribution >= 0.6 is 11.3 Å². The summed E-state index contributed by atoms with van der Waals surface area (Å²) in [6.07, 6.45) is 3.30. The minimum atomic E-state index is -0.109. The predicted octanol–water partition coefficient (Wildman–Crippen LogP) is 2.41. The van der Waals surface area contributed by atoms with Gasteiger partial charge in [0.2, 0.25) is 5.91 Å². The van der Waals surface area contributed by atoms with Crippen molar-refractivity contribution >= 4 is 23.1 Å². The fourth-order valence-electron chi connectivity index (χ4n) is 3.73. The Bertz CT molecular complexity index is 1090. The number of rotatable bonds is 6. The molecule has 1 atom stereocenters. The summed E-state index contributed by atoms with van der Waals surface area (Å²) in [6.45, 7) is 5.87. The predicted molar refractivity (Wildman–Crippen MR) is 121 cm³/mol. The van der Waals surface area contributed by atoms with Crippen LogP contribution in [0.3, 0.4) is 0 Å². The molecule has 1 amide bonds. The van der Waals surface area contributed by atoms with E-state index in [1.807, 2.05) is 36.6 Å². The number of carbonyl (C=O) groups excluding carboxylic acids is 1. The molecular weight excluding hydrogens is 412 g/mol. The summed E-state index contributed by atoms with van der Waals surface area (Å²) >= 11 is 1.64. The summed E-state index contributed by atoms with van der Waals surface area (Å²) in [5, 5.41) is 13.7. The Morgan fingerprint density at radius 1 is 1.26 bits per heavy atom. The smallest absolute Gasteiger partial charge is 0.256 e. The van der Waals surface area contributed by atoms with Crippen molar-refractivity contribution in [3.63, 3.8) is 0 Å². The van der Waals surface area contributed by atoms with Crippen LogP contribution in [-0.2, 0) is 11.3 Å². The Morgan fingerprint density at radius 3 is 2.87 bits per heavy atom. The number of thiophene rings is 1. The molecule has 0 radical (unpaired) electrons. The van der Waals surface area contributed by atoms with Gasteiger partial charge in [-0.3, -0.25) is 14.2 Å². The van der Waals surface area contributed by atoms with Gasteiger partial charge in [0.25, 0.3) is 5.56 Å². The van der Waals surface area contributed by atoms with E-state index in [9.17, 15) is 9.59 Å². The number of aryl methyl sites for hydroxylation is 1. The van der Waals surface area contributed by atoms with Crippen LogP contribution in [-0.4, -0.2) is 45.3 Å². The molecule has 31 heavy (non-hydrogen) atoms. The molecule has 8 nitrogen and oxygen atoms in total. The Hall–Kier alpha value is -3.07. The van der Waals surface area contributed by atoms with Gasteiger partial charge in [0.05, 0.1) is 17.1 Å². The lowest BCUT2D eigenvalue weighted by Crippen LogP contribution is -2.44. The Labute approximate surface area is 185 Å². The highest BCUT2D eigenvalue weighted by atomic mass is 32.1. The molecule has 4 rings (SSSR count). The summed E-state index contributed by atoms with van der Waals surface area (Å²) < 4.78 is 1.54. The lowest BCUT2D eigenvalue weighted by molar-refractivity contribution is -0.125. The van der Waals surface area contributed by atoms with E-state index in [0.717, 1.165) is 41.5 Å². The van der Waals surface area contributed by atoms with E-state index in [0.29, 0.717) is 25.2 Å². The van der Waals surface area contributed by atoms with E-state index >= 15 is 0 Å². The highest BCUT2D eigenvalue weighted by Gasteiger charge is 2.26. The number of nitrogens with one attached hydrogen (secondary N) is 1. The molecule has 1 N–H and O–H groups in total. The number of hydrogen-bond donors (Lipinski definition) is 1. The van der Waals surface area contributed by atoms with E-state index in [1.54, 1.807) is 22.8 Å². The van der Waals surface area contributed by atoms with Gasteiger partial charge in [-0.25, -0.2) is 4.98 Å². The van der Waals surface area contributed by atoms with Crippen molar-refractivity contribution in [3.8, 4) is 10.6 Å². The molecule has 0 aromatic carbocycles. The highest BCUT2D eigenvalue weighted by Crippen LogP contribution is 2.25. The van der Waals surface area contributed by atoms with Crippen molar-refractivity contribution < 1.29 is 4.79 Å². The van der Waals surface area contributed by atoms with Crippen LogP contribution < -0.4 is 15.8 Å². The lowest BCUT2D eigenvalue weighted by Gasteiger charge is -2.32. The first kappa shape index (κ1) is 21.2. The molecule has 9 heteroatoms. The number of anilines is 1. The molecule has 0 aliphatic carbocycles. The summed E-state index contributed by atoms with van der Waals surface area (Å²) in [6, 6.07) is 7.97. The van der Waals surface area contributed by atoms with Crippen LogP contribution in [0.25, 0.3) is 10.6 Å². The van der Waals surface area contributed by atoms with Crippen LogP contribution in [0.1, 0.15) is 24.1 Å². The zero-order valence-corrected chi connectivity index (χ0v) is 18.6. The Balaban J connectivity index is 1.32. The minimum absolute atomic E-state index is 0.0118. The third-order valence-corrected chi connectivity index (χ3v) is 6.60. The highest BCUT2D eigenvalue weighted by molar-refractivity contribution is 7.13. The summed E-state index contributed by atoms with van der Waals surface area (Å²) in [7, 11) is 0. The molecule has 0 saturated carbocycles. The standard InChI is InChI=1S/C22H26N6O2S/c1-15-16(2)24-14-28(22(15)30)11-9-23-21(29)17-5-3-10-27(13-17)20-8-7-18(25-26-20)19-6-4-12-31-19/h4,6-8,12,14,17H,3,5,9-11,13H2,1-2H3,(H,23,29). The number of carbonyl (C=O) groups is 1. The normalized spacial score (nSPS) is 16.3. The molecule has 0 bridgehead atoms. The largest absolute Gasteiger partial charge is 0.354 e. The van der Waals surface area contributed by atoms with Gasteiger partial charge in [0.1, 0.15) is 5.69 Å². The lowest BCUT2D eigenvalue weighted by atomic mass is 9.97. The van der Waals surface area contributed by atoms with Gasteiger partial charge < -0.3 is 10.2 Å². The van der Waals surface area contributed by atoms with Crippen molar-refractivity contribution in [1.29, 1.82) is 0 Å². The Morgan fingerprint density at radius 2 is 2.13 bits per heavy atom. The molecule has 1 saturated heterocycles. The van der Waals surface area contributed by atoms with Crippen molar-refractivity contribution in [1.82, 2.24) is 25.1 Å². The van der Waals surface area contributed by atoms with E-state index in [4.69, 9.17) is 0 Å². The summed E-state index contributed by atoms with van der Waals surface area (Å²) in [4.78, 5) is 32.4. The first-order chi connectivity index (χ1) is 15.0. The van der Waals surface area contributed by atoms with Crippen molar-refractivity contribution in [2.24, 2.45) is 5.92 Å². The monoisotopic (exact) mass is 438 g/mol. The third-order valence-electron chi connectivity index (χ3n) is 5.71. The maximum absolute atomic E-state index is 12.7. The van der Waals surface area contributed by atoms with E-state index in [1.165, 1.54) is 6.33 Å². The van der Waals surface area contributed by atoms with Crippen LogP contribution in [0, 0.1) is 19.8 Å². The van der Waals surface area contributed by atoms with Gasteiger partial charge in [-0.15, -0.1) is 21.5 Å². The maximum atomic E-state index is 12.7. The van der Waals surface area contributed by atoms with Gasteiger partial charge in [-0.05, 0) is 50.3 Å². The second kappa shape index (κ2) is 9.38. The van der Waals surface area contributed by atoms with Gasteiger partial charge in [0.15, 0.2) is 5.82 Å². The maximum Gasteiger partial charge on any atom is 0.256 e. The average molecular weight is 439 g/mol. The van der Waals surface area contributed by atoms with Gasteiger partial charge in [-0.1, -0.05) is 6.07 Å². The summed E-state index contributed by atoms with van der Waals surface area (Å²) in [5.41, 5.74) is 2.18. The number of piperidine rings is 1. The van der Waals surface area contributed by atoms with Crippen molar-refractivity contribution in [3.05, 3.63) is 57.6 Å². The Kier molecular flexibility index (Phi) is 6.41. The van der Waals surface area contributed by atoms with Gasteiger partial charge >= 0.3 is 0 Å². The zero-order valence-electron chi connectivity index (χ0n) is 17.7. The van der Waals surface area contributed by atoms with Crippen LogP contribution in [0.2, 0.25) is 0 Å². The number of hydrogen-bond acceptors (Lipinski definition) is 7. The fraction of sp³-hybridized carbons (Fsp3) is 0.409. The molecular formula is C22H26N6O2S.